The van der Waals surface area contributed by atoms with Crippen LogP contribution in [0.4, 0.5) is 0 Å². The first kappa shape index (κ1) is 15.8. The van der Waals surface area contributed by atoms with Gasteiger partial charge in [0.25, 0.3) is 0 Å². The molecule has 0 aromatic carbocycles. The van der Waals surface area contributed by atoms with E-state index >= 15 is 0 Å². The lowest BCUT2D eigenvalue weighted by atomic mass is 10.1. The number of rotatable bonds is 6. The maximum atomic E-state index is 12.1. The Morgan fingerprint density at radius 1 is 1.37 bits per heavy atom. The third kappa shape index (κ3) is 6.43. The molecular weight excluding hydrogens is 244 g/mol. The maximum absolute atomic E-state index is 12.1. The predicted octanol–water partition coefficient (Wildman–Crippen LogP) is 3.33. The molecule has 0 radical (unpaired) electrons. The Morgan fingerprint density at radius 2 is 2.11 bits per heavy atom. The summed E-state index contributed by atoms with van der Waals surface area (Å²) in [4.78, 5) is 12.1. The molecule has 4 nitrogen and oxygen atoms in total. The Labute approximate surface area is 115 Å². The Kier molecular flexibility index (Phi) is 6.09. The van der Waals surface area contributed by atoms with E-state index in [4.69, 9.17) is 14.2 Å². The minimum atomic E-state index is -0.583. The molecule has 1 rings (SSSR count). The Hall–Kier alpha value is -1.29. The number of unbranched alkanes of at least 4 members (excludes halogenated alkanes) is 1. The highest BCUT2D eigenvalue weighted by Crippen LogP contribution is 2.17. The molecule has 108 valence electrons. The highest BCUT2D eigenvalue weighted by Gasteiger charge is 2.28. The van der Waals surface area contributed by atoms with E-state index in [1.807, 2.05) is 26.8 Å². The molecule has 1 heterocycles. The second kappa shape index (κ2) is 7.34. The second-order valence-corrected chi connectivity index (χ2v) is 5.52. The molecule has 0 aromatic rings. The number of hydrogen-bond acceptors (Lipinski definition) is 4. The average Bonchev–Trinajstić information content (AvgIpc) is 2.33. The molecule has 4 heteroatoms. The van der Waals surface area contributed by atoms with E-state index in [1.54, 1.807) is 18.4 Å². The van der Waals surface area contributed by atoms with Crippen molar-refractivity contribution in [1.82, 2.24) is 0 Å². The van der Waals surface area contributed by atoms with E-state index in [2.05, 4.69) is 6.92 Å². The highest BCUT2D eigenvalue weighted by atomic mass is 16.7. The van der Waals surface area contributed by atoms with Gasteiger partial charge >= 0.3 is 5.97 Å². The van der Waals surface area contributed by atoms with Gasteiger partial charge in [-0.1, -0.05) is 25.8 Å². The molecule has 0 saturated heterocycles. The van der Waals surface area contributed by atoms with Crippen LogP contribution in [0.2, 0.25) is 0 Å². The monoisotopic (exact) mass is 268 g/mol. The number of carbonyl (C=O) groups is 1. The summed E-state index contributed by atoms with van der Waals surface area (Å²) in [6.07, 6.45) is 8.39. The summed E-state index contributed by atoms with van der Waals surface area (Å²) >= 11 is 0. The molecule has 0 amide bonds. The Balaban J connectivity index is 2.57. The molecular formula is C15H24O4. The molecule has 0 bridgehead atoms. The molecule has 0 spiro atoms. The van der Waals surface area contributed by atoms with Crippen molar-refractivity contribution in [2.75, 3.05) is 0 Å². The molecule has 1 aliphatic rings. The molecule has 0 aromatic heterocycles. The van der Waals surface area contributed by atoms with Gasteiger partial charge in [-0.2, -0.15) is 0 Å². The fraction of sp³-hybridized carbons (Fsp3) is 0.667. The van der Waals surface area contributed by atoms with Crippen LogP contribution in [0.1, 0.15) is 47.0 Å². The van der Waals surface area contributed by atoms with Crippen LogP contribution < -0.4 is 0 Å². The van der Waals surface area contributed by atoms with E-state index in [0.717, 1.165) is 12.8 Å². The van der Waals surface area contributed by atoms with Crippen LogP contribution in [0.5, 0.6) is 0 Å². The van der Waals surface area contributed by atoms with Crippen LogP contribution in [0.3, 0.4) is 0 Å². The number of allylic oxidation sites excluding steroid dienone is 2. The van der Waals surface area contributed by atoms with E-state index in [1.165, 1.54) is 0 Å². The van der Waals surface area contributed by atoms with Crippen LogP contribution in [0, 0.1) is 0 Å². The molecule has 2 atom stereocenters. The second-order valence-electron chi connectivity index (χ2n) is 5.52. The number of hydrogen-bond donors (Lipinski definition) is 0. The fourth-order valence-corrected chi connectivity index (χ4v) is 1.61. The summed E-state index contributed by atoms with van der Waals surface area (Å²) in [5, 5.41) is 0. The van der Waals surface area contributed by atoms with Gasteiger partial charge in [-0.15, -0.1) is 0 Å². The standard InChI is InChI=1S/C15H24O4/c1-5-6-9-12(14(16)19-15(2,3)4)18-13-10-7-8-11-17-13/h7-8,10-13H,5-6,9H2,1-4H3. The first-order valence-electron chi connectivity index (χ1n) is 6.79. The third-order valence-electron chi connectivity index (χ3n) is 2.46. The molecule has 0 saturated carbocycles. The van der Waals surface area contributed by atoms with Crippen LogP contribution in [-0.2, 0) is 19.0 Å². The van der Waals surface area contributed by atoms with Crippen molar-refractivity contribution < 1.29 is 19.0 Å². The van der Waals surface area contributed by atoms with Crippen LogP contribution in [-0.4, -0.2) is 24.0 Å². The zero-order chi connectivity index (χ0) is 14.3. The topological polar surface area (TPSA) is 44.8 Å². The molecule has 0 N–H and O–H groups in total. The fourth-order valence-electron chi connectivity index (χ4n) is 1.61. The average molecular weight is 268 g/mol. The summed E-state index contributed by atoms with van der Waals surface area (Å²) in [5.41, 5.74) is -0.506. The first-order valence-corrected chi connectivity index (χ1v) is 6.79. The zero-order valence-corrected chi connectivity index (χ0v) is 12.2. The Bertz CT molecular complexity index is 339. The van der Waals surface area contributed by atoms with Gasteiger partial charge in [0.2, 0.25) is 6.29 Å². The van der Waals surface area contributed by atoms with Gasteiger partial charge in [-0.05, 0) is 39.3 Å². The lowest BCUT2D eigenvalue weighted by Gasteiger charge is -2.26. The van der Waals surface area contributed by atoms with Gasteiger partial charge in [0, 0.05) is 0 Å². The van der Waals surface area contributed by atoms with E-state index in [-0.39, 0.29) is 5.97 Å². The van der Waals surface area contributed by atoms with Crippen molar-refractivity contribution in [3.05, 3.63) is 24.5 Å². The van der Waals surface area contributed by atoms with Gasteiger partial charge in [-0.3, -0.25) is 0 Å². The summed E-state index contributed by atoms with van der Waals surface area (Å²) in [7, 11) is 0. The predicted molar refractivity (Wildman–Crippen MR) is 73.4 cm³/mol. The van der Waals surface area contributed by atoms with Gasteiger partial charge in [0.15, 0.2) is 6.10 Å². The van der Waals surface area contributed by atoms with Crippen LogP contribution in [0.15, 0.2) is 24.5 Å². The minimum absolute atomic E-state index is 0.326. The maximum Gasteiger partial charge on any atom is 0.335 e. The van der Waals surface area contributed by atoms with E-state index in [9.17, 15) is 4.79 Å². The van der Waals surface area contributed by atoms with E-state index < -0.39 is 18.0 Å². The zero-order valence-electron chi connectivity index (χ0n) is 12.2. The SMILES string of the molecule is CCCCC(OC1C=CC=CO1)C(=O)OC(C)(C)C. The van der Waals surface area contributed by atoms with Gasteiger partial charge in [0.1, 0.15) is 5.60 Å². The van der Waals surface area contributed by atoms with Crippen LogP contribution >= 0.6 is 0 Å². The van der Waals surface area contributed by atoms with Crippen molar-refractivity contribution in [1.29, 1.82) is 0 Å². The van der Waals surface area contributed by atoms with E-state index in [0.29, 0.717) is 6.42 Å². The van der Waals surface area contributed by atoms with Gasteiger partial charge in [-0.25, -0.2) is 4.79 Å². The lowest BCUT2D eigenvalue weighted by Crippen LogP contribution is -2.36. The smallest absolute Gasteiger partial charge is 0.335 e. The summed E-state index contributed by atoms with van der Waals surface area (Å²) in [6.45, 7) is 7.62. The van der Waals surface area contributed by atoms with Crippen LogP contribution in [0.25, 0.3) is 0 Å². The summed E-state index contributed by atoms with van der Waals surface area (Å²) in [5.74, 6) is -0.326. The number of esters is 1. The molecule has 0 aliphatic carbocycles. The van der Waals surface area contributed by atoms with Crippen molar-refractivity contribution in [2.45, 2.75) is 65.0 Å². The summed E-state index contributed by atoms with van der Waals surface area (Å²) < 4.78 is 16.3. The highest BCUT2D eigenvalue weighted by molar-refractivity contribution is 5.75. The quantitative estimate of drug-likeness (QED) is 0.693. The number of carbonyl (C=O) groups excluding carboxylic acids is 1. The van der Waals surface area contributed by atoms with Crippen molar-refractivity contribution >= 4 is 5.97 Å². The number of ether oxygens (including phenoxy) is 3. The molecule has 2 unspecified atom stereocenters. The Morgan fingerprint density at radius 3 is 2.63 bits per heavy atom. The van der Waals surface area contributed by atoms with Crippen molar-refractivity contribution in [3.8, 4) is 0 Å². The normalized spacial score (nSPS) is 19.9. The third-order valence-corrected chi connectivity index (χ3v) is 2.46. The molecule has 19 heavy (non-hydrogen) atoms. The first-order chi connectivity index (χ1) is 8.92. The molecule has 0 fully saturated rings. The van der Waals surface area contributed by atoms with Crippen molar-refractivity contribution in [2.24, 2.45) is 0 Å². The lowest BCUT2D eigenvalue weighted by molar-refractivity contribution is -0.184. The van der Waals surface area contributed by atoms with Gasteiger partial charge in [0.05, 0.1) is 6.26 Å². The van der Waals surface area contributed by atoms with Crippen molar-refractivity contribution in [3.63, 3.8) is 0 Å². The van der Waals surface area contributed by atoms with Gasteiger partial charge < -0.3 is 14.2 Å². The minimum Gasteiger partial charge on any atom is -0.469 e. The molecule has 1 aliphatic heterocycles. The largest absolute Gasteiger partial charge is 0.469 e. The summed E-state index contributed by atoms with van der Waals surface area (Å²) in [6, 6.07) is 0.